The second-order valence-electron chi connectivity index (χ2n) is 5.97. The van der Waals surface area contributed by atoms with Gasteiger partial charge in [0.25, 0.3) is 11.8 Å². The van der Waals surface area contributed by atoms with E-state index in [0.29, 0.717) is 28.4 Å². The second kappa shape index (κ2) is 8.30. The van der Waals surface area contributed by atoms with Crippen molar-refractivity contribution in [3.63, 3.8) is 0 Å². The van der Waals surface area contributed by atoms with Gasteiger partial charge in [0.2, 0.25) is 0 Å². The van der Waals surface area contributed by atoms with Gasteiger partial charge in [0, 0.05) is 22.5 Å². The van der Waals surface area contributed by atoms with Crippen LogP contribution in [0.5, 0.6) is 11.5 Å². The van der Waals surface area contributed by atoms with E-state index in [-0.39, 0.29) is 17.6 Å². The summed E-state index contributed by atoms with van der Waals surface area (Å²) in [6.07, 6.45) is 1.43. The molecule has 0 bridgehead atoms. The van der Waals surface area contributed by atoms with Gasteiger partial charge in [0.1, 0.15) is 11.5 Å². The number of anilines is 2. The topological polar surface area (TPSA) is 89.8 Å². The van der Waals surface area contributed by atoms with E-state index in [4.69, 9.17) is 13.9 Å². The lowest BCUT2D eigenvalue weighted by molar-refractivity contribution is 0.0994. The number of methoxy groups -OCH3 is 2. The number of ether oxygens (including phenoxy) is 2. The highest BCUT2D eigenvalue weighted by molar-refractivity contribution is 6.05. The Bertz CT molecular complexity index is 954. The molecule has 0 spiro atoms. The van der Waals surface area contributed by atoms with Gasteiger partial charge in [0.05, 0.1) is 20.5 Å². The first kappa shape index (κ1) is 19.0. The molecular formula is C21H20N2O5. The van der Waals surface area contributed by atoms with Gasteiger partial charge in [-0.25, -0.2) is 0 Å². The Labute approximate surface area is 162 Å². The van der Waals surface area contributed by atoms with Crippen LogP contribution in [0.4, 0.5) is 11.4 Å². The van der Waals surface area contributed by atoms with Crippen LogP contribution < -0.4 is 20.1 Å². The summed E-state index contributed by atoms with van der Waals surface area (Å²) in [4.78, 5) is 24.5. The van der Waals surface area contributed by atoms with Crippen molar-refractivity contribution in [3.05, 3.63) is 71.7 Å². The molecule has 7 nitrogen and oxygen atoms in total. The summed E-state index contributed by atoms with van der Waals surface area (Å²) in [5.41, 5.74) is 2.39. The molecule has 28 heavy (non-hydrogen) atoms. The molecule has 0 saturated carbocycles. The average Bonchev–Trinajstić information content (AvgIpc) is 3.24. The van der Waals surface area contributed by atoms with Crippen LogP contribution in [0, 0.1) is 6.92 Å². The maximum Gasteiger partial charge on any atom is 0.291 e. The summed E-state index contributed by atoms with van der Waals surface area (Å²) in [6, 6.07) is 13.3. The Morgan fingerprint density at radius 1 is 0.857 bits per heavy atom. The lowest BCUT2D eigenvalue weighted by Gasteiger charge is -2.13. The number of amides is 2. The third-order valence-electron chi connectivity index (χ3n) is 4.16. The lowest BCUT2D eigenvalue weighted by atomic mass is 10.1. The van der Waals surface area contributed by atoms with Crippen LogP contribution in [0.25, 0.3) is 0 Å². The maximum atomic E-state index is 12.6. The van der Waals surface area contributed by atoms with Crippen molar-refractivity contribution in [2.24, 2.45) is 0 Å². The lowest BCUT2D eigenvalue weighted by Crippen LogP contribution is -2.13. The molecule has 1 aromatic heterocycles. The molecule has 0 fully saturated rings. The van der Waals surface area contributed by atoms with E-state index in [1.165, 1.54) is 6.26 Å². The second-order valence-corrected chi connectivity index (χ2v) is 5.97. The smallest absolute Gasteiger partial charge is 0.291 e. The van der Waals surface area contributed by atoms with Crippen LogP contribution in [-0.4, -0.2) is 26.0 Å². The summed E-state index contributed by atoms with van der Waals surface area (Å²) in [5.74, 6) is 0.713. The predicted octanol–water partition coefficient (Wildman–Crippen LogP) is 4.11. The van der Waals surface area contributed by atoms with Gasteiger partial charge < -0.3 is 24.5 Å². The van der Waals surface area contributed by atoms with E-state index in [1.54, 1.807) is 62.8 Å². The van der Waals surface area contributed by atoms with Crippen molar-refractivity contribution < 1.29 is 23.5 Å². The number of rotatable bonds is 6. The van der Waals surface area contributed by atoms with E-state index >= 15 is 0 Å². The molecule has 0 aliphatic heterocycles. The third kappa shape index (κ3) is 4.15. The Morgan fingerprint density at radius 3 is 1.86 bits per heavy atom. The van der Waals surface area contributed by atoms with Crippen molar-refractivity contribution in [1.29, 1.82) is 0 Å². The zero-order chi connectivity index (χ0) is 20.1. The standard InChI is InChI=1S/C21H20N2O5/c1-13-18(26-2)11-14(12-19(13)27-3)20(24)22-15-6-8-16(9-7-15)23-21(25)17-5-4-10-28-17/h4-12H,1-3H3,(H,22,24)(H,23,25). The predicted molar refractivity (Wildman–Crippen MR) is 105 cm³/mol. The van der Waals surface area contributed by atoms with Crippen molar-refractivity contribution in [2.45, 2.75) is 6.92 Å². The van der Waals surface area contributed by atoms with Gasteiger partial charge in [-0.1, -0.05) is 0 Å². The van der Waals surface area contributed by atoms with Gasteiger partial charge in [-0.2, -0.15) is 0 Å². The summed E-state index contributed by atoms with van der Waals surface area (Å²) in [5, 5.41) is 5.52. The minimum absolute atomic E-state index is 0.222. The number of benzene rings is 2. The number of furan rings is 1. The fourth-order valence-electron chi connectivity index (χ4n) is 2.66. The van der Waals surface area contributed by atoms with E-state index in [9.17, 15) is 9.59 Å². The van der Waals surface area contributed by atoms with Crippen LogP contribution in [0.15, 0.2) is 59.2 Å². The van der Waals surface area contributed by atoms with Crippen LogP contribution in [0.2, 0.25) is 0 Å². The van der Waals surface area contributed by atoms with Crippen molar-refractivity contribution in [3.8, 4) is 11.5 Å². The fraction of sp³-hybridized carbons (Fsp3) is 0.143. The number of nitrogens with one attached hydrogen (secondary N) is 2. The SMILES string of the molecule is COc1cc(C(=O)Nc2ccc(NC(=O)c3ccco3)cc2)cc(OC)c1C. The number of hydrogen-bond donors (Lipinski definition) is 2. The molecule has 144 valence electrons. The van der Waals surface area contributed by atoms with Crippen molar-refractivity contribution in [1.82, 2.24) is 0 Å². The fourth-order valence-corrected chi connectivity index (χ4v) is 2.66. The summed E-state index contributed by atoms with van der Waals surface area (Å²) < 4.78 is 15.7. The molecule has 0 saturated heterocycles. The molecule has 3 rings (SSSR count). The normalized spacial score (nSPS) is 10.2. The molecule has 0 unspecified atom stereocenters. The zero-order valence-electron chi connectivity index (χ0n) is 15.7. The van der Waals surface area contributed by atoms with Gasteiger partial charge in [-0.05, 0) is 55.5 Å². The quantitative estimate of drug-likeness (QED) is 0.672. The van der Waals surface area contributed by atoms with Crippen LogP contribution in [-0.2, 0) is 0 Å². The molecule has 0 atom stereocenters. The van der Waals surface area contributed by atoms with Gasteiger partial charge >= 0.3 is 0 Å². The van der Waals surface area contributed by atoms with E-state index < -0.39 is 0 Å². The first-order valence-corrected chi connectivity index (χ1v) is 8.50. The molecule has 1 heterocycles. The average molecular weight is 380 g/mol. The Morgan fingerprint density at radius 2 is 1.39 bits per heavy atom. The zero-order valence-corrected chi connectivity index (χ0v) is 15.7. The van der Waals surface area contributed by atoms with Gasteiger partial charge in [0.15, 0.2) is 5.76 Å². The molecule has 2 N–H and O–H groups in total. The molecule has 0 radical (unpaired) electrons. The molecule has 2 amide bonds. The molecule has 3 aromatic rings. The first-order chi connectivity index (χ1) is 13.5. The molecule has 7 heteroatoms. The Hall–Kier alpha value is -3.74. The van der Waals surface area contributed by atoms with Crippen LogP contribution >= 0.6 is 0 Å². The van der Waals surface area contributed by atoms with E-state index in [2.05, 4.69) is 10.6 Å². The largest absolute Gasteiger partial charge is 0.496 e. The minimum Gasteiger partial charge on any atom is -0.496 e. The third-order valence-corrected chi connectivity index (χ3v) is 4.16. The minimum atomic E-state index is -0.347. The van der Waals surface area contributed by atoms with Crippen molar-refractivity contribution in [2.75, 3.05) is 24.9 Å². The molecular weight excluding hydrogens is 360 g/mol. The molecule has 0 aliphatic rings. The highest BCUT2D eigenvalue weighted by atomic mass is 16.5. The Balaban J connectivity index is 1.70. The molecule has 2 aromatic carbocycles. The van der Waals surface area contributed by atoms with Gasteiger partial charge in [-0.15, -0.1) is 0 Å². The number of carbonyl (C=O) groups excluding carboxylic acids is 2. The number of hydrogen-bond acceptors (Lipinski definition) is 5. The van der Waals surface area contributed by atoms with E-state index in [0.717, 1.165) is 5.56 Å². The van der Waals surface area contributed by atoms with Gasteiger partial charge in [-0.3, -0.25) is 9.59 Å². The van der Waals surface area contributed by atoms with Crippen LogP contribution in [0.1, 0.15) is 26.5 Å². The highest BCUT2D eigenvalue weighted by Crippen LogP contribution is 2.29. The summed E-state index contributed by atoms with van der Waals surface area (Å²) in [7, 11) is 3.08. The summed E-state index contributed by atoms with van der Waals surface area (Å²) >= 11 is 0. The maximum absolute atomic E-state index is 12.6. The highest BCUT2D eigenvalue weighted by Gasteiger charge is 2.14. The number of carbonyl (C=O) groups is 2. The molecule has 0 aliphatic carbocycles. The van der Waals surface area contributed by atoms with Crippen LogP contribution in [0.3, 0.4) is 0 Å². The van der Waals surface area contributed by atoms with E-state index in [1.807, 2.05) is 6.92 Å². The first-order valence-electron chi connectivity index (χ1n) is 8.50. The van der Waals surface area contributed by atoms with Crippen molar-refractivity contribution >= 4 is 23.2 Å². The monoisotopic (exact) mass is 380 g/mol. The Kier molecular flexibility index (Phi) is 5.64. The summed E-state index contributed by atoms with van der Waals surface area (Å²) in [6.45, 7) is 1.86.